The fraction of sp³-hybridized carbons (Fsp3) is 0.0909. The summed E-state index contributed by atoms with van der Waals surface area (Å²) in [6.07, 6.45) is 0. The first kappa shape index (κ1) is 25.3. The fourth-order valence-corrected chi connectivity index (χ4v) is 8.10. The van der Waals surface area contributed by atoms with Crippen LogP contribution in [0.3, 0.4) is 0 Å². The second-order valence-electron chi connectivity index (χ2n) is 12.9. The first-order valence-corrected chi connectivity index (χ1v) is 15.6. The van der Waals surface area contributed by atoms with Crippen molar-refractivity contribution in [3.05, 3.63) is 156 Å². The second-order valence-corrected chi connectivity index (χ2v) is 12.9. The maximum Gasteiger partial charge on any atom is 0.0159 e. The predicted octanol–water partition coefficient (Wildman–Crippen LogP) is 12.2. The predicted molar refractivity (Wildman–Crippen MR) is 190 cm³/mol. The van der Waals surface area contributed by atoms with Crippen LogP contribution in [0.4, 0.5) is 0 Å². The summed E-state index contributed by atoms with van der Waals surface area (Å²) >= 11 is 0. The van der Waals surface area contributed by atoms with E-state index in [1.165, 1.54) is 93.2 Å². The number of aryl methyl sites for hydroxylation is 1. The van der Waals surface area contributed by atoms with Crippen LogP contribution in [0.2, 0.25) is 0 Å². The minimum absolute atomic E-state index is 0.0482. The van der Waals surface area contributed by atoms with Gasteiger partial charge >= 0.3 is 0 Å². The van der Waals surface area contributed by atoms with E-state index in [0.717, 1.165) is 0 Å². The van der Waals surface area contributed by atoms with Crippen molar-refractivity contribution in [3.63, 3.8) is 0 Å². The van der Waals surface area contributed by atoms with Crippen molar-refractivity contribution in [2.24, 2.45) is 0 Å². The van der Waals surface area contributed by atoms with Crippen molar-refractivity contribution >= 4 is 43.1 Å². The monoisotopic (exact) mass is 560 g/mol. The minimum Gasteiger partial charge on any atom is -0.0619 e. The van der Waals surface area contributed by atoms with Gasteiger partial charge in [-0.15, -0.1) is 0 Å². The summed E-state index contributed by atoms with van der Waals surface area (Å²) in [7, 11) is 0. The van der Waals surface area contributed by atoms with Gasteiger partial charge in [0.15, 0.2) is 0 Å². The summed E-state index contributed by atoms with van der Waals surface area (Å²) in [6.45, 7) is 6.96. The van der Waals surface area contributed by atoms with E-state index in [2.05, 4.69) is 160 Å². The van der Waals surface area contributed by atoms with Crippen LogP contribution in [0, 0.1) is 6.92 Å². The molecule has 0 aliphatic heterocycles. The lowest BCUT2D eigenvalue weighted by atomic mass is 9.80. The largest absolute Gasteiger partial charge is 0.0619 e. The normalized spacial score (nSPS) is 13.5. The fourth-order valence-electron chi connectivity index (χ4n) is 8.10. The Hall–Kier alpha value is -5.20. The molecule has 1 aliphatic carbocycles. The van der Waals surface area contributed by atoms with E-state index < -0.39 is 0 Å². The van der Waals surface area contributed by atoms with E-state index in [1.54, 1.807) is 0 Å². The van der Waals surface area contributed by atoms with Crippen molar-refractivity contribution in [1.82, 2.24) is 0 Å². The number of hydrogen-bond donors (Lipinski definition) is 0. The van der Waals surface area contributed by atoms with Crippen molar-refractivity contribution in [1.29, 1.82) is 0 Å². The van der Waals surface area contributed by atoms with E-state index in [9.17, 15) is 0 Å². The van der Waals surface area contributed by atoms with Crippen LogP contribution < -0.4 is 0 Å². The van der Waals surface area contributed by atoms with Crippen LogP contribution in [0.25, 0.3) is 76.5 Å². The third kappa shape index (κ3) is 3.40. The molecule has 8 aromatic rings. The summed E-state index contributed by atoms with van der Waals surface area (Å²) in [5.41, 5.74) is 12.0. The van der Waals surface area contributed by atoms with Gasteiger partial charge in [-0.05, 0) is 101 Å². The Balaban J connectivity index is 1.47. The molecule has 0 heteroatoms. The van der Waals surface area contributed by atoms with Gasteiger partial charge in [-0.2, -0.15) is 0 Å². The third-order valence-electron chi connectivity index (χ3n) is 10.1. The molecule has 0 bridgehead atoms. The molecule has 1 aliphatic rings. The van der Waals surface area contributed by atoms with Gasteiger partial charge in [-0.3, -0.25) is 0 Å². The molecule has 0 saturated heterocycles. The molecule has 0 fully saturated rings. The summed E-state index contributed by atoms with van der Waals surface area (Å²) in [6, 6.07) is 52.2. The van der Waals surface area contributed by atoms with Gasteiger partial charge in [0, 0.05) is 5.41 Å². The van der Waals surface area contributed by atoms with Crippen molar-refractivity contribution in [3.8, 4) is 33.4 Å². The zero-order valence-corrected chi connectivity index (χ0v) is 25.3. The topological polar surface area (TPSA) is 0 Å². The van der Waals surface area contributed by atoms with Crippen LogP contribution >= 0.6 is 0 Å². The summed E-state index contributed by atoms with van der Waals surface area (Å²) < 4.78 is 0. The molecule has 0 atom stereocenters. The van der Waals surface area contributed by atoms with Gasteiger partial charge in [-0.1, -0.05) is 153 Å². The highest BCUT2D eigenvalue weighted by atomic mass is 14.4. The van der Waals surface area contributed by atoms with Gasteiger partial charge in [0.25, 0.3) is 0 Å². The van der Waals surface area contributed by atoms with Crippen LogP contribution in [0.5, 0.6) is 0 Å². The Labute approximate surface area is 258 Å². The molecule has 0 unspecified atom stereocenters. The van der Waals surface area contributed by atoms with Crippen LogP contribution in [-0.2, 0) is 5.41 Å². The highest BCUT2D eigenvalue weighted by molar-refractivity contribution is 6.26. The van der Waals surface area contributed by atoms with Gasteiger partial charge in [0.2, 0.25) is 0 Å². The maximum absolute atomic E-state index is 2.41. The number of fused-ring (bicyclic) bond motifs is 8. The highest BCUT2D eigenvalue weighted by Gasteiger charge is 2.37. The summed E-state index contributed by atoms with van der Waals surface area (Å²) in [4.78, 5) is 0. The van der Waals surface area contributed by atoms with Gasteiger partial charge < -0.3 is 0 Å². The first-order valence-electron chi connectivity index (χ1n) is 15.6. The molecule has 0 amide bonds. The molecule has 0 aromatic heterocycles. The zero-order chi connectivity index (χ0) is 29.6. The molecule has 0 heterocycles. The van der Waals surface area contributed by atoms with Crippen molar-refractivity contribution in [2.45, 2.75) is 26.2 Å². The Morgan fingerprint density at radius 2 is 0.932 bits per heavy atom. The summed E-state index contributed by atoms with van der Waals surface area (Å²) in [5.74, 6) is 0. The van der Waals surface area contributed by atoms with Crippen molar-refractivity contribution < 1.29 is 0 Å². The molecule has 208 valence electrons. The summed E-state index contributed by atoms with van der Waals surface area (Å²) in [5, 5.41) is 10.4. The average molecular weight is 561 g/mol. The molecule has 0 saturated carbocycles. The Morgan fingerprint density at radius 1 is 0.364 bits per heavy atom. The molecule has 0 spiro atoms. The Kier molecular flexibility index (Phi) is 5.26. The van der Waals surface area contributed by atoms with Gasteiger partial charge in [0.05, 0.1) is 0 Å². The van der Waals surface area contributed by atoms with E-state index in [-0.39, 0.29) is 5.41 Å². The molecule has 9 rings (SSSR count). The van der Waals surface area contributed by atoms with E-state index in [0.29, 0.717) is 0 Å². The van der Waals surface area contributed by atoms with Crippen LogP contribution in [-0.4, -0.2) is 0 Å². The second kappa shape index (κ2) is 9.15. The lowest BCUT2D eigenvalue weighted by Gasteiger charge is -2.23. The van der Waals surface area contributed by atoms with Crippen LogP contribution in [0.1, 0.15) is 30.5 Å². The quantitative estimate of drug-likeness (QED) is 0.146. The standard InChI is InChI=1S/C44H32/c1-27-23-24-34-37(25-27)42(36-20-12-22-40-43(36)35-19-10-11-21-39(35)44(40,2)3)33-18-9-8-17-32(33)41(34)38-26-28-13-4-5-14-29(28)30-15-6-7-16-31(30)38/h4-26H,1-3H3. The Bertz CT molecular complexity index is 2470. The highest BCUT2D eigenvalue weighted by Crippen LogP contribution is 2.54. The number of benzene rings is 8. The van der Waals surface area contributed by atoms with Gasteiger partial charge in [-0.25, -0.2) is 0 Å². The van der Waals surface area contributed by atoms with Gasteiger partial charge in [0.1, 0.15) is 0 Å². The smallest absolute Gasteiger partial charge is 0.0159 e. The van der Waals surface area contributed by atoms with E-state index in [4.69, 9.17) is 0 Å². The molecule has 0 nitrogen and oxygen atoms in total. The van der Waals surface area contributed by atoms with E-state index in [1.807, 2.05) is 0 Å². The van der Waals surface area contributed by atoms with Crippen molar-refractivity contribution in [2.75, 3.05) is 0 Å². The lowest BCUT2D eigenvalue weighted by molar-refractivity contribution is 0.660. The first-order chi connectivity index (χ1) is 21.5. The zero-order valence-electron chi connectivity index (χ0n) is 25.3. The van der Waals surface area contributed by atoms with E-state index >= 15 is 0 Å². The molecular weight excluding hydrogens is 528 g/mol. The molecule has 8 aromatic carbocycles. The average Bonchev–Trinajstić information content (AvgIpc) is 3.30. The number of hydrogen-bond acceptors (Lipinski definition) is 0. The van der Waals surface area contributed by atoms with Crippen LogP contribution in [0.15, 0.2) is 140 Å². The minimum atomic E-state index is -0.0482. The Morgan fingerprint density at radius 3 is 1.73 bits per heavy atom. The molecule has 0 radical (unpaired) electrons. The number of rotatable bonds is 2. The SMILES string of the molecule is Cc1ccc2c(-c3cc4ccccc4c4ccccc34)c3ccccc3c(-c3cccc4c3-c3ccccc3C4(C)C)c2c1. The lowest BCUT2D eigenvalue weighted by Crippen LogP contribution is -2.14. The molecular formula is C44H32. The molecule has 44 heavy (non-hydrogen) atoms. The maximum atomic E-state index is 2.41. The third-order valence-corrected chi connectivity index (χ3v) is 10.1. The molecule has 0 N–H and O–H groups in total.